The number of hydrogen-bond acceptors (Lipinski definition) is 4. The van der Waals surface area contributed by atoms with Crippen LogP contribution in [0.25, 0.3) is 16.8 Å². The Morgan fingerprint density at radius 2 is 1.84 bits per heavy atom. The Bertz CT molecular complexity index is 1120. The summed E-state index contributed by atoms with van der Waals surface area (Å²) in [6.07, 6.45) is 8.83. The van der Waals surface area contributed by atoms with E-state index in [0.717, 1.165) is 42.5 Å². The maximum absolute atomic E-state index is 13.2. The van der Waals surface area contributed by atoms with Gasteiger partial charge in [0.15, 0.2) is 0 Å². The van der Waals surface area contributed by atoms with Crippen LogP contribution in [0, 0.1) is 11.3 Å². The van der Waals surface area contributed by atoms with Crippen LogP contribution in [-0.4, -0.2) is 45.3 Å². The summed E-state index contributed by atoms with van der Waals surface area (Å²) in [4.78, 5) is 17.6. The highest BCUT2D eigenvalue weighted by Gasteiger charge is 2.31. The summed E-state index contributed by atoms with van der Waals surface area (Å²) in [5.41, 5.74) is 4.28. The number of benzene rings is 1. The van der Waals surface area contributed by atoms with Gasteiger partial charge in [0.2, 0.25) is 5.91 Å². The molecule has 0 aliphatic heterocycles. The Hall–Kier alpha value is -2.70. The molecule has 0 aliphatic rings. The van der Waals surface area contributed by atoms with Crippen LogP contribution in [0.3, 0.4) is 0 Å². The molecule has 2 N–H and O–H groups in total. The molecular weight excluding hydrogens is 462 g/mol. The molecular formula is C31H45N3O3. The third-order valence-corrected chi connectivity index (χ3v) is 7.83. The Balaban J connectivity index is 1.68. The molecule has 0 aliphatic carbocycles. The summed E-state index contributed by atoms with van der Waals surface area (Å²) in [5.74, 6) is 0.0518. The molecule has 0 spiro atoms. The number of ether oxygens (including phenoxy) is 1. The van der Waals surface area contributed by atoms with E-state index in [4.69, 9.17) is 4.74 Å². The van der Waals surface area contributed by atoms with Crippen molar-refractivity contribution >= 4 is 11.6 Å². The minimum atomic E-state index is -0.571. The Morgan fingerprint density at radius 3 is 2.49 bits per heavy atom. The van der Waals surface area contributed by atoms with Crippen LogP contribution < -0.4 is 5.32 Å². The highest BCUT2D eigenvalue weighted by Crippen LogP contribution is 2.29. The number of aliphatic hydroxyl groups excluding tert-OH is 1. The van der Waals surface area contributed by atoms with Gasteiger partial charge in [0, 0.05) is 24.6 Å². The van der Waals surface area contributed by atoms with Gasteiger partial charge in [0.25, 0.3) is 0 Å². The van der Waals surface area contributed by atoms with Crippen molar-refractivity contribution in [1.82, 2.24) is 14.7 Å². The lowest BCUT2D eigenvalue weighted by atomic mass is 9.78. The summed E-state index contributed by atoms with van der Waals surface area (Å²) in [5, 5.41) is 13.7. The number of aliphatic hydroxyl groups is 1. The average Bonchev–Trinajstić information content (AvgIpc) is 3.37. The fourth-order valence-corrected chi connectivity index (χ4v) is 4.60. The number of nitrogens with one attached hydrogen (secondary N) is 1. The number of imidazole rings is 1. The van der Waals surface area contributed by atoms with Gasteiger partial charge in [-0.05, 0) is 65.8 Å². The first-order valence-electron chi connectivity index (χ1n) is 13.8. The van der Waals surface area contributed by atoms with Crippen molar-refractivity contribution in [3.8, 4) is 11.1 Å². The van der Waals surface area contributed by atoms with Gasteiger partial charge < -0.3 is 19.6 Å². The van der Waals surface area contributed by atoms with Crippen molar-refractivity contribution in [3.05, 3.63) is 60.6 Å². The monoisotopic (exact) mass is 507 g/mol. The van der Waals surface area contributed by atoms with E-state index in [2.05, 4.69) is 74.4 Å². The lowest BCUT2D eigenvalue weighted by Gasteiger charge is -2.35. The molecule has 3 rings (SSSR count). The van der Waals surface area contributed by atoms with Crippen LogP contribution in [0.5, 0.6) is 0 Å². The Morgan fingerprint density at radius 1 is 1.11 bits per heavy atom. The molecule has 0 radical (unpaired) electrons. The molecule has 0 saturated carbocycles. The van der Waals surface area contributed by atoms with Crippen molar-refractivity contribution in [1.29, 1.82) is 0 Å². The zero-order valence-corrected chi connectivity index (χ0v) is 23.4. The number of amides is 1. The number of nitrogens with zero attached hydrogens (tertiary/aromatic N) is 2. The van der Waals surface area contributed by atoms with Crippen molar-refractivity contribution < 1.29 is 14.6 Å². The van der Waals surface area contributed by atoms with Gasteiger partial charge in [-0.25, -0.2) is 4.98 Å². The van der Waals surface area contributed by atoms with Gasteiger partial charge >= 0.3 is 0 Å². The molecule has 0 bridgehead atoms. The van der Waals surface area contributed by atoms with Crippen LogP contribution in [0.1, 0.15) is 72.8 Å². The van der Waals surface area contributed by atoms with Crippen molar-refractivity contribution in [2.75, 3.05) is 6.61 Å². The van der Waals surface area contributed by atoms with Crippen LogP contribution in [-0.2, 0) is 16.0 Å². The Labute approximate surface area is 222 Å². The number of fused-ring (bicyclic) bond motifs is 1. The highest BCUT2D eigenvalue weighted by atomic mass is 16.5. The van der Waals surface area contributed by atoms with E-state index in [1.165, 1.54) is 5.56 Å². The van der Waals surface area contributed by atoms with E-state index >= 15 is 0 Å². The zero-order chi connectivity index (χ0) is 27.0. The van der Waals surface area contributed by atoms with Crippen molar-refractivity contribution in [2.24, 2.45) is 11.3 Å². The van der Waals surface area contributed by atoms with Gasteiger partial charge in [-0.2, -0.15) is 0 Å². The smallest absolute Gasteiger partial charge is 0.249 e. The van der Waals surface area contributed by atoms with E-state index in [1.54, 1.807) is 6.20 Å². The average molecular weight is 508 g/mol. The van der Waals surface area contributed by atoms with Gasteiger partial charge in [-0.1, -0.05) is 72.2 Å². The SMILES string of the molecule is CCCC(C)C(O)COC(CC)C(=O)NC(Cc1ccc(-c2ccn3ccnc3c2)cc1)C(C)(C)CC. The zero-order valence-electron chi connectivity index (χ0n) is 23.4. The molecule has 4 atom stereocenters. The minimum absolute atomic E-state index is 0.0429. The molecule has 6 heteroatoms. The lowest BCUT2D eigenvalue weighted by molar-refractivity contribution is -0.137. The second kappa shape index (κ2) is 13.2. The third kappa shape index (κ3) is 7.65. The number of carbonyl (C=O) groups excluding carboxylic acids is 1. The fraction of sp³-hybridized carbons (Fsp3) is 0.548. The molecule has 1 amide bonds. The van der Waals surface area contributed by atoms with E-state index in [1.807, 2.05) is 30.6 Å². The second-order valence-corrected chi connectivity index (χ2v) is 11.0. The first-order chi connectivity index (χ1) is 17.7. The summed E-state index contributed by atoms with van der Waals surface area (Å²) < 4.78 is 7.90. The highest BCUT2D eigenvalue weighted by molar-refractivity contribution is 5.81. The standard InChI is InChI=1S/C31H45N3O3/c1-7-10-22(4)26(35)21-37-27(8-2)30(36)33-28(31(5,6)9-3)19-23-11-13-24(14-12-23)25-15-17-34-18-16-32-29(34)20-25/h11-18,20,22,26-28,35H,7-10,19,21H2,1-6H3,(H,33,36). The number of aromatic nitrogens is 2. The van der Waals surface area contributed by atoms with E-state index in [0.29, 0.717) is 6.42 Å². The lowest BCUT2D eigenvalue weighted by Crippen LogP contribution is -2.50. The summed E-state index contributed by atoms with van der Waals surface area (Å²) in [6, 6.07) is 12.7. The molecule has 37 heavy (non-hydrogen) atoms. The predicted molar refractivity (Wildman–Crippen MR) is 150 cm³/mol. The predicted octanol–water partition coefficient (Wildman–Crippen LogP) is 6.06. The molecule has 4 unspecified atom stereocenters. The molecule has 2 heterocycles. The van der Waals surface area contributed by atoms with Gasteiger partial charge in [-0.15, -0.1) is 0 Å². The quantitative estimate of drug-likeness (QED) is 0.278. The normalized spacial score (nSPS) is 15.3. The second-order valence-electron chi connectivity index (χ2n) is 11.0. The summed E-state index contributed by atoms with van der Waals surface area (Å²) in [6.45, 7) is 12.8. The van der Waals surface area contributed by atoms with E-state index < -0.39 is 12.2 Å². The maximum atomic E-state index is 13.2. The van der Waals surface area contributed by atoms with E-state index in [9.17, 15) is 9.90 Å². The van der Waals surface area contributed by atoms with Crippen molar-refractivity contribution in [2.45, 2.75) is 91.9 Å². The number of carbonyl (C=O) groups is 1. The number of hydrogen-bond donors (Lipinski definition) is 2. The number of pyridine rings is 1. The molecule has 0 saturated heterocycles. The maximum Gasteiger partial charge on any atom is 0.249 e. The van der Waals surface area contributed by atoms with Crippen LogP contribution in [0.15, 0.2) is 55.0 Å². The fourth-order valence-electron chi connectivity index (χ4n) is 4.60. The molecule has 202 valence electrons. The molecule has 3 aromatic rings. The topological polar surface area (TPSA) is 75.9 Å². The largest absolute Gasteiger partial charge is 0.390 e. The first kappa shape index (κ1) is 28.9. The van der Waals surface area contributed by atoms with E-state index in [-0.39, 0.29) is 29.9 Å². The third-order valence-electron chi connectivity index (χ3n) is 7.83. The summed E-state index contributed by atoms with van der Waals surface area (Å²) in [7, 11) is 0. The van der Waals surface area contributed by atoms with Gasteiger partial charge in [0.1, 0.15) is 11.8 Å². The molecule has 2 aromatic heterocycles. The number of rotatable bonds is 14. The van der Waals surface area contributed by atoms with Gasteiger partial charge in [0.05, 0.1) is 12.7 Å². The summed E-state index contributed by atoms with van der Waals surface area (Å²) >= 11 is 0. The molecule has 6 nitrogen and oxygen atoms in total. The minimum Gasteiger partial charge on any atom is -0.390 e. The van der Waals surface area contributed by atoms with Gasteiger partial charge in [-0.3, -0.25) is 4.79 Å². The molecule has 1 aromatic carbocycles. The Kier molecular flexibility index (Phi) is 10.3. The van der Waals surface area contributed by atoms with Crippen LogP contribution in [0.4, 0.5) is 0 Å². The van der Waals surface area contributed by atoms with Crippen LogP contribution in [0.2, 0.25) is 0 Å². The molecule has 0 fully saturated rings. The van der Waals surface area contributed by atoms with Crippen molar-refractivity contribution in [3.63, 3.8) is 0 Å². The first-order valence-corrected chi connectivity index (χ1v) is 13.8. The van der Waals surface area contributed by atoms with Crippen LogP contribution >= 0.6 is 0 Å².